The maximum atomic E-state index is 13.3. The maximum Gasteiger partial charge on any atom is 0.263 e. The summed E-state index contributed by atoms with van der Waals surface area (Å²) in [7, 11) is 2.00. The van der Waals surface area contributed by atoms with Gasteiger partial charge in [-0.2, -0.15) is 5.26 Å². The highest BCUT2D eigenvalue weighted by Crippen LogP contribution is 2.31. The number of nitriles is 1. The van der Waals surface area contributed by atoms with E-state index in [1.165, 1.54) is 20.8 Å². The molecule has 0 unspecified atom stereocenters. The van der Waals surface area contributed by atoms with E-state index in [2.05, 4.69) is 22.4 Å². The van der Waals surface area contributed by atoms with Crippen LogP contribution in [0.5, 0.6) is 0 Å². The number of rotatable bonds is 6. The van der Waals surface area contributed by atoms with Crippen molar-refractivity contribution in [3.8, 4) is 17.2 Å². The van der Waals surface area contributed by atoms with Gasteiger partial charge in [0.2, 0.25) is 0 Å². The summed E-state index contributed by atoms with van der Waals surface area (Å²) in [6.45, 7) is 1.27. The van der Waals surface area contributed by atoms with E-state index in [4.69, 9.17) is 4.98 Å². The second-order valence-electron chi connectivity index (χ2n) is 6.52. The predicted molar refractivity (Wildman–Crippen MR) is 114 cm³/mol. The lowest BCUT2D eigenvalue weighted by Crippen LogP contribution is -2.29. The van der Waals surface area contributed by atoms with E-state index in [-0.39, 0.29) is 12.1 Å². The Hall–Kier alpha value is -2.79. The molecule has 140 valence electrons. The van der Waals surface area contributed by atoms with Gasteiger partial charge < -0.3 is 0 Å². The highest BCUT2D eigenvalue weighted by Gasteiger charge is 2.18. The van der Waals surface area contributed by atoms with Gasteiger partial charge in [0.05, 0.1) is 18.0 Å². The summed E-state index contributed by atoms with van der Waals surface area (Å²) in [5, 5.41) is 13.9. The first-order valence-electron chi connectivity index (χ1n) is 8.81. The third-order valence-corrected chi connectivity index (χ3v) is 6.24. The summed E-state index contributed by atoms with van der Waals surface area (Å²) in [4.78, 5) is 22.1. The zero-order valence-corrected chi connectivity index (χ0v) is 17.0. The van der Waals surface area contributed by atoms with Crippen LogP contribution in [0.4, 0.5) is 0 Å². The van der Waals surface area contributed by atoms with Crippen LogP contribution in [0.2, 0.25) is 0 Å². The summed E-state index contributed by atoms with van der Waals surface area (Å²) in [6, 6.07) is 16.1. The molecule has 0 radical (unpaired) electrons. The van der Waals surface area contributed by atoms with Crippen molar-refractivity contribution in [3.63, 3.8) is 0 Å². The van der Waals surface area contributed by atoms with Crippen LogP contribution in [-0.4, -0.2) is 21.5 Å². The topological polar surface area (TPSA) is 61.9 Å². The fraction of sp³-hybridized carbons (Fsp3) is 0.190. The lowest BCUT2D eigenvalue weighted by Gasteiger charge is -2.17. The second-order valence-corrected chi connectivity index (χ2v) is 8.41. The number of nitrogens with zero attached hydrogens (tertiary/aromatic N) is 4. The average Bonchev–Trinajstić information content (AvgIpc) is 3.35. The van der Waals surface area contributed by atoms with Crippen LogP contribution >= 0.6 is 22.7 Å². The molecule has 3 aromatic heterocycles. The van der Waals surface area contributed by atoms with E-state index in [1.807, 2.05) is 48.8 Å². The normalized spacial score (nSPS) is 11.2. The van der Waals surface area contributed by atoms with E-state index >= 15 is 0 Å². The molecule has 0 atom stereocenters. The van der Waals surface area contributed by atoms with Crippen molar-refractivity contribution in [1.82, 2.24) is 14.5 Å². The third-order valence-electron chi connectivity index (χ3n) is 4.50. The minimum Gasteiger partial charge on any atom is -0.294 e. The van der Waals surface area contributed by atoms with E-state index in [0.29, 0.717) is 17.8 Å². The van der Waals surface area contributed by atoms with Crippen molar-refractivity contribution in [3.05, 3.63) is 74.3 Å². The first kappa shape index (κ1) is 18.6. The highest BCUT2D eigenvalue weighted by atomic mass is 32.1. The molecule has 1 aromatic carbocycles. The molecule has 0 fully saturated rings. The van der Waals surface area contributed by atoms with Crippen LogP contribution in [0.1, 0.15) is 10.7 Å². The second kappa shape index (κ2) is 8.07. The zero-order chi connectivity index (χ0) is 19.5. The molecule has 7 heteroatoms. The molecular weight excluding hydrogens is 388 g/mol. The van der Waals surface area contributed by atoms with Crippen molar-refractivity contribution in [2.75, 3.05) is 7.05 Å². The number of hydrogen-bond acceptors (Lipinski definition) is 6. The van der Waals surface area contributed by atoms with Crippen LogP contribution in [0.25, 0.3) is 21.3 Å². The molecule has 0 saturated carbocycles. The average molecular weight is 407 g/mol. The van der Waals surface area contributed by atoms with E-state index in [9.17, 15) is 10.1 Å². The molecule has 28 heavy (non-hydrogen) atoms. The smallest absolute Gasteiger partial charge is 0.263 e. The van der Waals surface area contributed by atoms with Crippen LogP contribution in [0.3, 0.4) is 0 Å². The summed E-state index contributed by atoms with van der Waals surface area (Å²) >= 11 is 3.17. The molecule has 0 aliphatic carbocycles. The van der Waals surface area contributed by atoms with Gasteiger partial charge in [-0.05, 0) is 24.1 Å². The molecule has 0 N–H and O–H groups in total. The molecule has 0 aliphatic heterocycles. The van der Waals surface area contributed by atoms with Crippen molar-refractivity contribution < 1.29 is 0 Å². The molecule has 4 aromatic rings. The Bertz CT molecular complexity index is 1190. The van der Waals surface area contributed by atoms with Gasteiger partial charge in [0, 0.05) is 22.4 Å². The van der Waals surface area contributed by atoms with Crippen molar-refractivity contribution >= 4 is 32.9 Å². The van der Waals surface area contributed by atoms with Gasteiger partial charge in [0.15, 0.2) is 0 Å². The fourth-order valence-electron chi connectivity index (χ4n) is 3.22. The molecule has 4 rings (SSSR count). The summed E-state index contributed by atoms with van der Waals surface area (Å²) in [5.74, 6) is 0.625. The standard InChI is InChI=1S/C21H18N4OS2/c1-24(12-16-8-5-11-27-16)13-18-23-20-19(21(26)25(18)10-9-22)17(14-28-20)15-6-3-2-4-7-15/h2-8,11,14H,10,12-13H2,1H3. The van der Waals surface area contributed by atoms with E-state index in [1.54, 1.807) is 11.3 Å². The molecule has 5 nitrogen and oxygen atoms in total. The number of fused-ring (bicyclic) bond motifs is 1. The van der Waals surface area contributed by atoms with Crippen molar-refractivity contribution in [1.29, 1.82) is 5.26 Å². The lowest BCUT2D eigenvalue weighted by atomic mass is 10.1. The number of benzene rings is 1. The Morgan fingerprint density at radius 2 is 1.96 bits per heavy atom. The van der Waals surface area contributed by atoms with Gasteiger partial charge in [0.1, 0.15) is 17.2 Å². The monoisotopic (exact) mass is 406 g/mol. The molecule has 0 bridgehead atoms. The summed E-state index contributed by atoms with van der Waals surface area (Å²) < 4.78 is 1.51. The van der Waals surface area contributed by atoms with Crippen molar-refractivity contribution in [2.24, 2.45) is 0 Å². The zero-order valence-electron chi connectivity index (χ0n) is 15.3. The molecule has 0 amide bonds. The minimum absolute atomic E-state index is 0.00593. The minimum atomic E-state index is -0.147. The van der Waals surface area contributed by atoms with Gasteiger partial charge >= 0.3 is 0 Å². The Balaban J connectivity index is 1.76. The maximum absolute atomic E-state index is 13.3. The van der Waals surface area contributed by atoms with Gasteiger partial charge in [-0.1, -0.05) is 36.4 Å². The number of thiophene rings is 2. The van der Waals surface area contributed by atoms with Gasteiger partial charge in [-0.3, -0.25) is 14.3 Å². The van der Waals surface area contributed by atoms with E-state index in [0.717, 1.165) is 22.5 Å². The Labute approximate surface area is 170 Å². The highest BCUT2D eigenvalue weighted by molar-refractivity contribution is 7.17. The van der Waals surface area contributed by atoms with Crippen LogP contribution < -0.4 is 5.56 Å². The first-order chi connectivity index (χ1) is 13.7. The summed E-state index contributed by atoms with van der Waals surface area (Å²) in [6.07, 6.45) is 0. The van der Waals surface area contributed by atoms with Crippen molar-refractivity contribution in [2.45, 2.75) is 19.6 Å². The van der Waals surface area contributed by atoms with Gasteiger partial charge in [-0.15, -0.1) is 22.7 Å². The quantitative estimate of drug-likeness (QED) is 0.478. The number of hydrogen-bond donors (Lipinski definition) is 0. The SMILES string of the molecule is CN(Cc1cccs1)Cc1nc2scc(-c3ccccc3)c2c(=O)n1CC#N. The molecule has 0 aliphatic rings. The molecule has 0 saturated heterocycles. The molecular formula is C21H18N4OS2. The predicted octanol–water partition coefficient (Wildman–Crippen LogP) is 4.34. The van der Waals surface area contributed by atoms with Crippen LogP contribution in [0.15, 0.2) is 58.0 Å². The number of aromatic nitrogens is 2. The summed E-state index contributed by atoms with van der Waals surface area (Å²) in [5.41, 5.74) is 1.72. The Kier molecular flexibility index (Phi) is 5.35. The van der Waals surface area contributed by atoms with Crippen LogP contribution in [-0.2, 0) is 19.6 Å². The Morgan fingerprint density at radius 3 is 2.68 bits per heavy atom. The molecule has 3 heterocycles. The van der Waals surface area contributed by atoms with Crippen LogP contribution in [0, 0.1) is 11.3 Å². The Morgan fingerprint density at radius 1 is 1.14 bits per heavy atom. The first-order valence-corrected chi connectivity index (χ1v) is 10.6. The largest absolute Gasteiger partial charge is 0.294 e. The fourth-order valence-corrected chi connectivity index (χ4v) is 4.96. The molecule has 0 spiro atoms. The third kappa shape index (κ3) is 3.62. The lowest BCUT2D eigenvalue weighted by molar-refractivity contribution is 0.307. The van der Waals surface area contributed by atoms with E-state index < -0.39 is 0 Å². The van der Waals surface area contributed by atoms with Gasteiger partial charge in [-0.25, -0.2) is 4.98 Å². The van der Waals surface area contributed by atoms with Gasteiger partial charge in [0.25, 0.3) is 5.56 Å².